The molecule has 0 saturated heterocycles. The van der Waals surface area contributed by atoms with Crippen molar-refractivity contribution in [1.29, 1.82) is 0 Å². The molecule has 5 nitrogen and oxygen atoms in total. The molecule has 0 atom stereocenters. The van der Waals surface area contributed by atoms with Crippen molar-refractivity contribution in [2.45, 2.75) is 6.92 Å². The number of furan rings is 1. The van der Waals surface area contributed by atoms with Crippen LogP contribution in [0.5, 0.6) is 17.2 Å². The van der Waals surface area contributed by atoms with Crippen molar-refractivity contribution < 1.29 is 23.4 Å². The SMILES string of the molecule is CCOc1ccc(C=CC(=O)c2cc3cccc(OC)c3o2)cc1OC. The van der Waals surface area contributed by atoms with Gasteiger partial charge in [-0.3, -0.25) is 4.79 Å². The maximum atomic E-state index is 12.4. The Hall–Kier alpha value is -3.21. The number of rotatable bonds is 7. The average molecular weight is 352 g/mol. The molecule has 134 valence electrons. The van der Waals surface area contributed by atoms with E-state index in [1.54, 1.807) is 32.4 Å². The Kier molecular flexibility index (Phi) is 5.27. The van der Waals surface area contributed by atoms with Crippen molar-refractivity contribution in [1.82, 2.24) is 0 Å². The summed E-state index contributed by atoms with van der Waals surface area (Å²) in [5, 5.41) is 0.823. The number of benzene rings is 2. The van der Waals surface area contributed by atoms with Gasteiger partial charge in [-0.05, 0) is 42.8 Å². The first-order valence-corrected chi connectivity index (χ1v) is 8.26. The predicted molar refractivity (Wildman–Crippen MR) is 100 cm³/mol. The van der Waals surface area contributed by atoms with Crippen molar-refractivity contribution in [3.8, 4) is 17.2 Å². The lowest BCUT2D eigenvalue weighted by molar-refractivity contribution is 0.102. The Morgan fingerprint density at radius 1 is 1.04 bits per heavy atom. The summed E-state index contributed by atoms with van der Waals surface area (Å²) in [5.41, 5.74) is 1.39. The van der Waals surface area contributed by atoms with Crippen LogP contribution in [0, 0.1) is 0 Å². The number of carbonyl (C=O) groups is 1. The molecule has 0 aliphatic rings. The second kappa shape index (κ2) is 7.78. The first-order valence-electron chi connectivity index (χ1n) is 8.26. The van der Waals surface area contributed by atoms with Crippen molar-refractivity contribution in [2.75, 3.05) is 20.8 Å². The summed E-state index contributed by atoms with van der Waals surface area (Å²) in [6.45, 7) is 2.47. The smallest absolute Gasteiger partial charge is 0.221 e. The fourth-order valence-electron chi connectivity index (χ4n) is 2.64. The number of para-hydroxylation sites is 1. The lowest BCUT2D eigenvalue weighted by atomic mass is 10.1. The van der Waals surface area contributed by atoms with Gasteiger partial charge in [-0.1, -0.05) is 24.3 Å². The summed E-state index contributed by atoms with van der Waals surface area (Å²) in [7, 11) is 3.15. The van der Waals surface area contributed by atoms with E-state index in [0.717, 1.165) is 10.9 Å². The fraction of sp³-hybridized carbons (Fsp3) is 0.190. The van der Waals surface area contributed by atoms with Gasteiger partial charge < -0.3 is 18.6 Å². The minimum atomic E-state index is -0.226. The van der Waals surface area contributed by atoms with Gasteiger partial charge in [0.15, 0.2) is 28.6 Å². The third-order valence-corrected chi connectivity index (χ3v) is 3.89. The van der Waals surface area contributed by atoms with Crippen molar-refractivity contribution in [2.24, 2.45) is 0 Å². The standard InChI is InChI=1S/C21H20O5/c1-4-25-17-11-9-14(12-20(17)24-3)8-10-16(22)19-13-15-6-5-7-18(23-2)21(15)26-19/h5-13H,4H2,1-3H3. The maximum Gasteiger partial charge on any atom is 0.221 e. The minimum absolute atomic E-state index is 0.226. The van der Waals surface area contributed by atoms with E-state index in [1.165, 1.54) is 6.08 Å². The highest BCUT2D eigenvalue weighted by molar-refractivity contribution is 6.07. The molecular formula is C21H20O5. The first-order chi connectivity index (χ1) is 12.7. The van der Waals surface area contributed by atoms with Gasteiger partial charge in [-0.25, -0.2) is 0 Å². The molecule has 1 heterocycles. The molecule has 0 bridgehead atoms. The molecule has 0 radical (unpaired) electrons. The lowest BCUT2D eigenvalue weighted by Gasteiger charge is -2.09. The van der Waals surface area contributed by atoms with E-state index in [2.05, 4.69) is 0 Å². The van der Waals surface area contributed by atoms with Crippen LogP contribution in [0.25, 0.3) is 17.0 Å². The predicted octanol–water partition coefficient (Wildman–Crippen LogP) is 4.74. The minimum Gasteiger partial charge on any atom is -0.493 e. The molecule has 0 aliphatic carbocycles. The van der Waals surface area contributed by atoms with E-state index in [0.29, 0.717) is 29.4 Å². The van der Waals surface area contributed by atoms with Gasteiger partial charge in [0.25, 0.3) is 0 Å². The zero-order valence-electron chi connectivity index (χ0n) is 14.9. The van der Waals surface area contributed by atoms with Crippen LogP contribution in [-0.4, -0.2) is 26.6 Å². The van der Waals surface area contributed by atoms with Crippen LogP contribution < -0.4 is 14.2 Å². The molecule has 2 aromatic carbocycles. The number of carbonyl (C=O) groups excluding carboxylic acids is 1. The van der Waals surface area contributed by atoms with E-state index < -0.39 is 0 Å². The van der Waals surface area contributed by atoms with Crippen molar-refractivity contribution in [3.05, 3.63) is 59.9 Å². The van der Waals surface area contributed by atoms with E-state index in [1.807, 2.05) is 37.3 Å². The molecule has 0 aliphatic heterocycles. The first kappa shape index (κ1) is 17.6. The van der Waals surface area contributed by atoms with Gasteiger partial charge >= 0.3 is 0 Å². The molecular weight excluding hydrogens is 332 g/mol. The molecule has 1 aromatic heterocycles. The summed E-state index contributed by atoms with van der Waals surface area (Å²) in [6, 6.07) is 12.7. The van der Waals surface area contributed by atoms with Gasteiger partial charge in [0.2, 0.25) is 5.78 Å². The third-order valence-electron chi connectivity index (χ3n) is 3.89. The fourth-order valence-corrected chi connectivity index (χ4v) is 2.64. The van der Waals surface area contributed by atoms with Crippen molar-refractivity contribution in [3.63, 3.8) is 0 Å². The quantitative estimate of drug-likeness (QED) is 0.454. The number of fused-ring (bicyclic) bond motifs is 1. The maximum absolute atomic E-state index is 12.4. The van der Waals surface area contributed by atoms with E-state index in [9.17, 15) is 4.79 Å². The molecule has 26 heavy (non-hydrogen) atoms. The van der Waals surface area contributed by atoms with Gasteiger partial charge in [-0.2, -0.15) is 0 Å². The Labute approximate surface area is 151 Å². The average Bonchev–Trinajstić information content (AvgIpc) is 3.11. The molecule has 0 N–H and O–H groups in total. The topological polar surface area (TPSA) is 57.9 Å². The third kappa shape index (κ3) is 3.57. The largest absolute Gasteiger partial charge is 0.493 e. The monoisotopic (exact) mass is 352 g/mol. The Morgan fingerprint density at radius 2 is 1.85 bits per heavy atom. The molecule has 0 unspecified atom stereocenters. The number of hydrogen-bond acceptors (Lipinski definition) is 5. The number of ketones is 1. The van der Waals surface area contributed by atoms with Crippen LogP contribution in [0.2, 0.25) is 0 Å². The molecule has 5 heteroatoms. The Bertz CT molecular complexity index is 952. The molecule has 0 spiro atoms. The van der Waals surface area contributed by atoms with Crippen LogP contribution in [-0.2, 0) is 0 Å². The molecule has 0 saturated carbocycles. The van der Waals surface area contributed by atoms with Gasteiger partial charge in [0.05, 0.1) is 20.8 Å². The lowest BCUT2D eigenvalue weighted by Crippen LogP contribution is -1.95. The zero-order chi connectivity index (χ0) is 18.5. The molecule has 0 fully saturated rings. The van der Waals surface area contributed by atoms with Gasteiger partial charge in [0, 0.05) is 5.39 Å². The summed E-state index contributed by atoms with van der Waals surface area (Å²) in [5.74, 6) is 1.93. The Morgan fingerprint density at radius 3 is 2.58 bits per heavy atom. The van der Waals surface area contributed by atoms with Crippen molar-refractivity contribution >= 4 is 22.8 Å². The van der Waals surface area contributed by atoms with Crippen LogP contribution in [0.15, 0.2) is 53.0 Å². The summed E-state index contributed by atoms with van der Waals surface area (Å²) < 4.78 is 21.7. The van der Waals surface area contributed by atoms with E-state index in [-0.39, 0.29) is 11.5 Å². The van der Waals surface area contributed by atoms with Crippen LogP contribution in [0.1, 0.15) is 23.0 Å². The number of allylic oxidation sites excluding steroid dienone is 1. The number of hydrogen-bond donors (Lipinski definition) is 0. The summed E-state index contributed by atoms with van der Waals surface area (Å²) in [6.07, 6.45) is 3.18. The number of methoxy groups -OCH3 is 2. The number of ether oxygens (including phenoxy) is 3. The van der Waals surface area contributed by atoms with E-state index in [4.69, 9.17) is 18.6 Å². The highest BCUT2D eigenvalue weighted by atomic mass is 16.5. The van der Waals surface area contributed by atoms with Gasteiger partial charge in [-0.15, -0.1) is 0 Å². The van der Waals surface area contributed by atoms with Crippen LogP contribution in [0.4, 0.5) is 0 Å². The normalized spacial score (nSPS) is 11.0. The summed E-state index contributed by atoms with van der Waals surface area (Å²) in [4.78, 5) is 12.4. The molecule has 0 amide bonds. The Balaban J connectivity index is 1.83. The zero-order valence-corrected chi connectivity index (χ0v) is 14.9. The second-order valence-electron chi connectivity index (χ2n) is 5.53. The highest BCUT2D eigenvalue weighted by Gasteiger charge is 2.13. The van der Waals surface area contributed by atoms with Crippen LogP contribution >= 0.6 is 0 Å². The van der Waals surface area contributed by atoms with Gasteiger partial charge in [0.1, 0.15) is 0 Å². The molecule has 3 rings (SSSR count). The molecule has 3 aromatic rings. The summed E-state index contributed by atoms with van der Waals surface area (Å²) >= 11 is 0. The highest BCUT2D eigenvalue weighted by Crippen LogP contribution is 2.30. The second-order valence-corrected chi connectivity index (χ2v) is 5.53. The van der Waals surface area contributed by atoms with Crippen LogP contribution in [0.3, 0.4) is 0 Å². The van der Waals surface area contributed by atoms with E-state index >= 15 is 0 Å².